The topological polar surface area (TPSA) is 53.4 Å². The van der Waals surface area contributed by atoms with Crippen molar-refractivity contribution in [3.05, 3.63) is 52.5 Å². The van der Waals surface area contributed by atoms with Crippen molar-refractivity contribution in [1.82, 2.24) is 9.88 Å². The summed E-state index contributed by atoms with van der Waals surface area (Å²) in [6.07, 6.45) is 1.66. The van der Waals surface area contributed by atoms with Gasteiger partial charge in [-0.1, -0.05) is 12.1 Å². The summed E-state index contributed by atoms with van der Waals surface area (Å²) in [5.74, 6) is -0.616. The molecular weight excluding hydrogens is 339 g/mol. The number of fused-ring (bicyclic) bond motifs is 1. The number of halogens is 1. The maximum Gasteiger partial charge on any atom is 0.254 e. The second kappa shape index (κ2) is 6.54. The van der Waals surface area contributed by atoms with E-state index in [0.29, 0.717) is 23.2 Å². The van der Waals surface area contributed by atoms with Crippen molar-refractivity contribution in [3.63, 3.8) is 0 Å². The lowest BCUT2D eigenvalue weighted by Gasteiger charge is -2.24. The molecule has 6 heteroatoms. The van der Waals surface area contributed by atoms with Crippen LogP contribution in [0.5, 0.6) is 0 Å². The van der Waals surface area contributed by atoms with Gasteiger partial charge < -0.3 is 10.0 Å². The van der Waals surface area contributed by atoms with E-state index in [1.54, 1.807) is 23.1 Å². The van der Waals surface area contributed by atoms with E-state index in [2.05, 4.69) is 4.98 Å². The molecule has 3 aromatic rings. The molecule has 25 heavy (non-hydrogen) atoms. The van der Waals surface area contributed by atoms with E-state index in [1.807, 2.05) is 16.8 Å². The number of aliphatic hydroxyl groups is 1. The fourth-order valence-electron chi connectivity index (χ4n) is 3.40. The van der Waals surface area contributed by atoms with Crippen LogP contribution >= 0.6 is 11.3 Å². The molecule has 1 N–H and O–H groups in total. The molecule has 0 unspecified atom stereocenters. The average Bonchev–Trinajstić information content (AvgIpc) is 3.32. The van der Waals surface area contributed by atoms with Gasteiger partial charge in [0.15, 0.2) is 0 Å². The Kier molecular flexibility index (Phi) is 4.23. The Labute approximate surface area is 148 Å². The highest BCUT2D eigenvalue weighted by Gasteiger charge is 2.30. The second-order valence-electron chi connectivity index (χ2n) is 6.18. The van der Waals surface area contributed by atoms with Crippen LogP contribution in [0.4, 0.5) is 4.39 Å². The smallest absolute Gasteiger partial charge is 0.254 e. The minimum Gasteiger partial charge on any atom is -0.394 e. The van der Waals surface area contributed by atoms with E-state index < -0.39 is 5.82 Å². The number of carbonyl (C=O) groups excluding carboxylic acids is 1. The van der Waals surface area contributed by atoms with Crippen LogP contribution in [0.2, 0.25) is 0 Å². The molecule has 1 fully saturated rings. The monoisotopic (exact) mass is 356 g/mol. The molecule has 1 amide bonds. The van der Waals surface area contributed by atoms with Gasteiger partial charge in [0.2, 0.25) is 0 Å². The van der Waals surface area contributed by atoms with Crippen LogP contribution in [0.1, 0.15) is 23.2 Å². The van der Waals surface area contributed by atoms with Crippen molar-refractivity contribution in [2.75, 3.05) is 13.2 Å². The number of amides is 1. The molecule has 0 saturated carbocycles. The van der Waals surface area contributed by atoms with E-state index in [-0.39, 0.29) is 24.1 Å². The number of aromatic nitrogens is 1. The lowest BCUT2D eigenvalue weighted by molar-refractivity contribution is 0.0679. The van der Waals surface area contributed by atoms with Crippen LogP contribution in [0.25, 0.3) is 22.2 Å². The highest BCUT2D eigenvalue weighted by Crippen LogP contribution is 2.30. The molecule has 3 heterocycles. The van der Waals surface area contributed by atoms with Crippen LogP contribution in [-0.4, -0.2) is 40.1 Å². The lowest BCUT2D eigenvalue weighted by atomic mass is 10.0. The Morgan fingerprint density at radius 3 is 3.04 bits per heavy atom. The minimum atomic E-state index is -0.441. The number of benzene rings is 1. The normalized spacial score (nSPS) is 17.4. The van der Waals surface area contributed by atoms with E-state index in [9.17, 15) is 14.3 Å². The van der Waals surface area contributed by atoms with Gasteiger partial charge in [0, 0.05) is 22.9 Å². The first-order valence-electron chi connectivity index (χ1n) is 8.22. The molecule has 0 radical (unpaired) electrons. The van der Waals surface area contributed by atoms with Crippen molar-refractivity contribution in [1.29, 1.82) is 0 Å². The summed E-state index contributed by atoms with van der Waals surface area (Å²) < 4.78 is 14.3. The molecule has 1 atom stereocenters. The minimum absolute atomic E-state index is 0.0551. The number of para-hydroxylation sites is 1. The molecule has 128 valence electrons. The van der Waals surface area contributed by atoms with Crippen LogP contribution in [0, 0.1) is 5.82 Å². The summed E-state index contributed by atoms with van der Waals surface area (Å²) in [6.45, 7) is 0.553. The number of rotatable bonds is 3. The van der Waals surface area contributed by atoms with Crippen molar-refractivity contribution in [3.8, 4) is 11.3 Å². The third-order valence-corrected chi connectivity index (χ3v) is 5.37. The Morgan fingerprint density at radius 1 is 1.40 bits per heavy atom. The number of aliphatic hydroxyl groups excluding tert-OH is 1. The number of carbonyl (C=O) groups is 1. The highest BCUT2D eigenvalue weighted by atomic mass is 32.1. The van der Waals surface area contributed by atoms with Gasteiger partial charge in [-0.2, -0.15) is 11.3 Å². The number of likely N-dealkylation sites (tertiary alicyclic amines) is 1. The first-order chi connectivity index (χ1) is 12.2. The highest BCUT2D eigenvalue weighted by molar-refractivity contribution is 7.08. The van der Waals surface area contributed by atoms with Gasteiger partial charge in [0.25, 0.3) is 5.91 Å². The van der Waals surface area contributed by atoms with Crippen LogP contribution in [0.15, 0.2) is 41.1 Å². The summed E-state index contributed by atoms with van der Waals surface area (Å²) in [5, 5.41) is 13.9. The summed E-state index contributed by atoms with van der Waals surface area (Å²) in [4.78, 5) is 19.3. The zero-order valence-corrected chi connectivity index (χ0v) is 14.3. The molecular formula is C19H17FN2O2S. The first kappa shape index (κ1) is 16.2. The van der Waals surface area contributed by atoms with Crippen molar-refractivity contribution < 1.29 is 14.3 Å². The van der Waals surface area contributed by atoms with E-state index >= 15 is 0 Å². The van der Waals surface area contributed by atoms with Crippen molar-refractivity contribution in [2.24, 2.45) is 0 Å². The number of hydrogen-bond donors (Lipinski definition) is 1. The maximum atomic E-state index is 14.3. The second-order valence-corrected chi connectivity index (χ2v) is 6.96. The maximum absolute atomic E-state index is 14.3. The molecule has 0 aliphatic carbocycles. The predicted molar refractivity (Wildman–Crippen MR) is 96.2 cm³/mol. The molecule has 1 aliphatic heterocycles. The Morgan fingerprint density at radius 2 is 2.28 bits per heavy atom. The SMILES string of the molecule is O=C(c1cc(-c2ccsc2)nc2c(F)cccc12)N1CCC[C@H]1CO. The summed E-state index contributed by atoms with van der Waals surface area (Å²) >= 11 is 1.53. The van der Waals surface area contributed by atoms with Gasteiger partial charge in [-0.25, -0.2) is 9.37 Å². The fraction of sp³-hybridized carbons (Fsp3) is 0.263. The largest absolute Gasteiger partial charge is 0.394 e. The average molecular weight is 356 g/mol. The van der Waals surface area contributed by atoms with Gasteiger partial charge in [-0.15, -0.1) is 0 Å². The molecule has 4 nitrogen and oxygen atoms in total. The van der Waals surface area contributed by atoms with E-state index in [1.165, 1.54) is 17.4 Å². The van der Waals surface area contributed by atoms with Gasteiger partial charge in [-0.3, -0.25) is 4.79 Å². The summed E-state index contributed by atoms with van der Waals surface area (Å²) in [5.41, 5.74) is 2.09. The van der Waals surface area contributed by atoms with Crippen LogP contribution < -0.4 is 0 Å². The number of nitrogens with zero attached hydrogens (tertiary/aromatic N) is 2. The standard InChI is InChI=1S/C19H17FN2O2S/c20-16-5-1-4-14-15(19(24)22-7-2-3-13(22)10-23)9-17(21-18(14)16)12-6-8-25-11-12/h1,4-6,8-9,11,13,23H,2-3,7,10H2/t13-/m0/s1. The molecule has 0 spiro atoms. The van der Waals surface area contributed by atoms with Gasteiger partial charge in [0.05, 0.1) is 23.9 Å². The zero-order chi connectivity index (χ0) is 17.4. The number of pyridine rings is 1. The Balaban J connectivity index is 1.89. The quantitative estimate of drug-likeness (QED) is 0.778. The zero-order valence-electron chi connectivity index (χ0n) is 13.5. The Bertz CT molecular complexity index is 927. The molecule has 4 rings (SSSR count). The Hall–Kier alpha value is -2.31. The van der Waals surface area contributed by atoms with E-state index in [0.717, 1.165) is 18.4 Å². The van der Waals surface area contributed by atoms with Crippen LogP contribution in [0.3, 0.4) is 0 Å². The predicted octanol–water partition coefficient (Wildman–Crippen LogP) is 3.70. The molecule has 1 saturated heterocycles. The van der Waals surface area contributed by atoms with Gasteiger partial charge in [-0.05, 0) is 36.4 Å². The summed E-state index contributed by atoms with van der Waals surface area (Å²) in [7, 11) is 0. The molecule has 0 bridgehead atoms. The summed E-state index contributed by atoms with van der Waals surface area (Å²) in [6, 6.07) is 8.13. The molecule has 1 aromatic carbocycles. The first-order valence-corrected chi connectivity index (χ1v) is 9.17. The van der Waals surface area contributed by atoms with Crippen molar-refractivity contribution >= 4 is 28.1 Å². The van der Waals surface area contributed by atoms with Crippen LogP contribution in [-0.2, 0) is 0 Å². The molecule has 1 aliphatic rings. The third-order valence-electron chi connectivity index (χ3n) is 4.69. The lowest BCUT2D eigenvalue weighted by Crippen LogP contribution is -2.37. The third kappa shape index (κ3) is 2.81. The number of hydrogen-bond acceptors (Lipinski definition) is 4. The van der Waals surface area contributed by atoms with E-state index in [4.69, 9.17) is 0 Å². The van der Waals surface area contributed by atoms with Gasteiger partial charge >= 0.3 is 0 Å². The van der Waals surface area contributed by atoms with Gasteiger partial charge in [0.1, 0.15) is 11.3 Å². The molecule has 2 aromatic heterocycles. The number of thiophene rings is 1. The van der Waals surface area contributed by atoms with Crippen molar-refractivity contribution in [2.45, 2.75) is 18.9 Å². The fourth-order valence-corrected chi connectivity index (χ4v) is 4.05.